The molecule has 4 aromatic carbocycles. The predicted molar refractivity (Wildman–Crippen MR) is 117 cm³/mol. The molecule has 3 nitrogen and oxygen atoms in total. The van der Waals surface area contributed by atoms with Crippen LogP contribution in [-0.2, 0) is 17.7 Å². The van der Waals surface area contributed by atoms with Crippen molar-refractivity contribution in [2.24, 2.45) is 0 Å². The molecule has 0 saturated carbocycles. The van der Waals surface area contributed by atoms with E-state index in [9.17, 15) is 8.76 Å². The van der Waals surface area contributed by atoms with E-state index in [4.69, 9.17) is 0 Å². The quantitative estimate of drug-likeness (QED) is 0.427. The number of benzene rings is 4. The largest absolute Gasteiger partial charge is 0.289 e. The Hall–Kier alpha value is -2.95. The zero-order valence-electron chi connectivity index (χ0n) is 15.3. The van der Waals surface area contributed by atoms with Gasteiger partial charge in [0, 0.05) is 5.39 Å². The van der Waals surface area contributed by atoms with Gasteiger partial charge in [0.2, 0.25) is 0 Å². The maximum atomic E-state index is 12.6. The highest BCUT2D eigenvalue weighted by atomic mass is 32.2. The van der Waals surface area contributed by atoms with E-state index >= 15 is 0 Å². The molecule has 0 heterocycles. The first-order chi connectivity index (χ1) is 13.7. The summed E-state index contributed by atoms with van der Waals surface area (Å²) in [6.45, 7) is 0. The van der Waals surface area contributed by atoms with E-state index in [-0.39, 0.29) is 6.04 Å². The topological polar surface area (TPSA) is 40.5 Å². The molecule has 4 heteroatoms. The van der Waals surface area contributed by atoms with Crippen LogP contribution in [0, 0.1) is 0 Å². The molecule has 140 valence electrons. The van der Waals surface area contributed by atoms with Crippen molar-refractivity contribution < 1.29 is 8.76 Å². The third-order valence-electron chi connectivity index (χ3n) is 4.91. The maximum absolute atomic E-state index is 12.6. The lowest BCUT2D eigenvalue weighted by Crippen LogP contribution is -2.32. The highest BCUT2D eigenvalue weighted by Gasteiger charge is 2.27. The molecule has 0 amide bonds. The summed E-state index contributed by atoms with van der Waals surface area (Å²) in [5, 5.41) is 2.00. The van der Waals surface area contributed by atoms with Crippen molar-refractivity contribution in [1.82, 2.24) is 0 Å². The van der Waals surface area contributed by atoms with E-state index in [1.165, 1.54) is 0 Å². The van der Waals surface area contributed by atoms with E-state index in [1.807, 2.05) is 91.0 Å². The molecule has 4 aromatic rings. The van der Waals surface area contributed by atoms with Gasteiger partial charge in [-0.15, -0.1) is 0 Å². The molecule has 0 aromatic heterocycles. The van der Waals surface area contributed by atoms with Gasteiger partial charge in [0.25, 0.3) is 11.3 Å². The Balaban J connectivity index is 1.87. The van der Waals surface area contributed by atoms with E-state index in [1.54, 1.807) is 4.31 Å². The number of hydrogen-bond acceptors (Lipinski definition) is 1. The summed E-state index contributed by atoms with van der Waals surface area (Å²) in [5.74, 6) is 0. The van der Waals surface area contributed by atoms with Crippen LogP contribution in [0.2, 0.25) is 0 Å². The highest BCUT2D eigenvalue weighted by molar-refractivity contribution is 7.80. The first-order valence-electron chi connectivity index (χ1n) is 9.21. The minimum absolute atomic E-state index is 0.278. The Morgan fingerprint density at radius 2 is 1.36 bits per heavy atom. The summed E-state index contributed by atoms with van der Waals surface area (Å²) in [7, 11) is 0. The van der Waals surface area contributed by atoms with Crippen molar-refractivity contribution in [3.8, 4) is 0 Å². The summed E-state index contributed by atoms with van der Waals surface area (Å²) in [6, 6.07) is 33.5. The fourth-order valence-electron chi connectivity index (χ4n) is 3.61. The molecule has 0 radical (unpaired) electrons. The van der Waals surface area contributed by atoms with Crippen LogP contribution in [-0.4, -0.2) is 8.76 Å². The summed E-state index contributed by atoms with van der Waals surface area (Å²) in [4.78, 5) is 0. The number of hydrogen-bond donors (Lipinski definition) is 1. The van der Waals surface area contributed by atoms with E-state index < -0.39 is 11.3 Å². The molecular weight excluding hydrogens is 366 g/mol. The summed E-state index contributed by atoms with van der Waals surface area (Å²) in [5.41, 5.74) is 2.87. The average Bonchev–Trinajstić information content (AvgIpc) is 2.74. The number of fused-ring (bicyclic) bond motifs is 1. The van der Waals surface area contributed by atoms with Crippen molar-refractivity contribution in [2.75, 3.05) is 4.31 Å². The number of rotatable bonds is 6. The number of nitrogens with zero attached hydrogens (tertiary/aromatic N) is 1. The second kappa shape index (κ2) is 8.38. The van der Waals surface area contributed by atoms with Crippen LogP contribution in [0.1, 0.15) is 17.2 Å². The lowest BCUT2D eigenvalue weighted by molar-refractivity contribution is 0.546. The monoisotopic (exact) mass is 387 g/mol. The van der Waals surface area contributed by atoms with Crippen LogP contribution in [0.5, 0.6) is 0 Å². The first kappa shape index (κ1) is 18.4. The second-order valence-electron chi connectivity index (χ2n) is 6.67. The van der Waals surface area contributed by atoms with Gasteiger partial charge in [0.05, 0.1) is 11.7 Å². The summed E-state index contributed by atoms with van der Waals surface area (Å²) < 4.78 is 24.5. The van der Waals surface area contributed by atoms with Gasteiger partial charge >= 0.3 is 0 Å². The summed E-state index contributed by atoms with van der Waals surface area (Å²) >= 11 is -2.18. The fraction of sp³-hybridized carbons (Fsp3) is 0.0833. The van der Waals surface area contributed by atoms with Gasteiger partial charge in [-0.25, -0.2) is 4.21 Å². The Morgan fingerprint density at radius 3 is 2.07 bits per heavy atom. The molecule has 28 heavy (non-hydrogen) atoms. The van der Waals surface area contributed by atoms with Gasteiger partial charge in [-0.2, -0.15) is 0 Å². The van der Waals surface area contributed by atoms with Crippen LogP contribution in [0.15, 0.2) is 103 Å². The predicted octanol–water partition coefficient (Wildman–Crippen LogP) is 5.77. The minimum Gasteiger partial charge on any atom is -0.289 e. The summed E-state index contributed by atoms with van der Waals surface area (Å²) in [6.07, 6.45) is 0.625. The smallest absolute Gasteiger partial charge is 0.262 e. The van der Waals surface area contributed by atoms with Gasteiger partial charge in [0.1, 0.15) is 0 Å². The van der Waals surface area contributed by atoms with Gasteiger partial charge < -0.3 is 0 Å². The number of anilines is 1. The minimum atomic E-state index is -2.18. The van der Waals surface area contributed by atoms with Crippen LogP contribution in [0.4, 0.5) is 5.69 Å². The van der Waals surface area contributed by atoms with Crippen molar-refractivity contribution >= 4 is 27.7 Å². The lowest BCUT2D eigenvalue weighted by atomic mass is 9.98. The molecule has 1 unspecified atom stereocenters. The highest BCUT2D eigenvalue weighted by Crippen LogP contribution is 2.35. The van der Waals surface area contributed by atoms with Crippen LogP contribution in [0.3, 0.4) is 0 Å². The van der Waals surface area contributed by atoms with E-state index in [0.29, 0.717) is 6.42 Å². The third-order valence-corrected chi connectivity index (χ3v) is 5.70. The molecule has 2 atom stereocenters. The Labute approximate surface area is 167 Å². The zero-order valence-corrected chi connectivity index (χ0v) is 16.1. The van der Waals surface area contributed by atoms with Crippen molar-refractivity contribution in [3.63, 3.8) is 0 Å². The van der Waals surface area contributed by atoms with Gasteiger partial charge in [-0.1, -0.05) is 97.1 Å². The normalized spacial score (nSPS) is 13.2. The molecule has 0 aliphatic heterocycles. The SMILES string of the molecule is O=S(O)N(c1cccc2ccccc12)[C@H](Cc1ccccc1)c1ccccc1. The Morgan fingerprint density at radius 1 is 0.750 bits per heavy atom. The van der Waals surface area contributed by atoms with Crippen molar-refractivity contribution in [2.45, 2.75) is 12.5 Å². The first-order valence-corrected chi connectivity index (χ1v) is 10.3. The molecule has 0 aliphatic carbocycles. The van der Waals surface area contributed by atoms with Crippen molar-refractivity contribution in [3.05, 3.63) is 114 Å². The Kier molecular flexibility index (Phi) is 5.51. The molecule has 0 spiro atoms. The van der Waals surface area contributed by atoms with Crippen LogP contribution in [0.25, 0.3) is 10.8 Å². The third kappa shape index (κ3) is 3.84. The molecule has 0 bridgehead atoms. The molecule has 0 saturated heterocycles. The molecule has 0 aliphatic rings. The Bertz CT molecular complexity index is 1080. The average molecular weight is 388 g/mol. The zero-order chi connectivity index (χ0) is 19.3. The molecule has 4 rings (SSSR count). The molecule has 0 fully saturated rings. The van der Waals surface area contributed by atoms with Crippen molar-refractivity contribution in [1.29, 1.82) is 0 Å². The maximum Gasteiger partial charge on any atom is 0.262 e. The fourth-order valence-corrected chi connectivity index (χ4v) is 4.35. The van der Waals surface area contributed by atoms with Crippen LogP contribution < -0.4 is 4.31 Å². The second-order valence-corrected chi connectivity index (χ2v) is 7.53. The van der Waals surface area contributed by atoms with Crippen LogP contribution >= 0.6 is 0 Å². The lowest BCUT2D eigenvalue weighted by Gasteiger charge is -2.31. The van der Waals surface area contributed by atoms with Gasteiger partial charge in [-0.3, -0.25) is 8.86 Å². The molecule has 1 N–H and O–H groups in total. The molecular formula is C24H21NO2S. The standard InChI is InChI=1S/C24H21NO2S/c26-28(27)25(23-17-9-15-20-12-7-8-16-22(20)23)24(21-13-5-2-6-14-21)18-19-10-3-1-4-11-19/h1-17,24H,18H2,(H,26,27)/t24-/m1/s1. The van der Waals surface area contributed by atoms with E-state index in [0.717, 1.165) is 27.6 Å². The van der Waals surface area contributed by atoms with E-state index in [2.05, 4.69) is 12.1 Å². The van der Waals surface area contributed by atoms with Gasteiger partial charge in [-0.05, 0) is 29.0 Å². The van der Waals surface area contributed by atoms with Gasteiger partial charge in [0.15, 0.2) is 0 Å².